The average Bonchev–Trinajstić information content (AvgIpc) is 3.05. The highest BCUT2D eigenvalue weighted by molar-refractivity contribution is 9.10. The van der Waals surface area contributed by atoms with Crippen LogP contribution in [0, 0.1) is 0 Å². The molecule has 0 saturated heterocycles. The van der Waals surface area contributed by atoms with E-state index < -0.39 is 0 Å². The number of aromatic nitrogens is 4. The Labute approximate surface area is 174 Å². The van der Waals surface area contributed by atoms with Gasteiger partial charge in [-0.3, -0.25) is 0 Å². The Hall–Kier alpha value is -2.03. The number of ether oxygens (including phenoxy) is 2. The van der Waals surface area contributed by atoms with Crippen molar-refractivity contribution < 1.29 is 9.47 Å². The van der Waals surface area contributed by atoms with E-state index in [0.717, 1.165) is 15.6 Å². The molecule has 0 amide bonds. The molecule has 1 heterocycles. The number of nitrogens with one attached hydrogen (secondary N) is 1. The van der Waals surface area contributed by atoms with Gasteiger partial charge in [0.05, 0.1) is 7.11 Å². The van der Waals surface area contributed by atoms with E-state index in [4.69, 9.17) is 32.7 Å². The van der Waals surface area contributed by atoms with Gasteiger partial charge < -0.3 is 14.8 Å². The molecule has 0 atom stereocenters. The maximum atomic E-state index is 6.20. The second-order valence-corrected chi connectivity index (χ2v) is 7.30. The van der Waals surface area contributed by atoms with E-state index in [9.17, 15) is 0 Å². The monoisotopic (exact) mass is 471 g/mol. The maximum Gasteiger partial charge on any atom is 0.242 e. The maximum absolute atomic E-state index is 6.20. The van der Waals surface area contributed by atoms with Gasteiger partial charge >= 0.3 is 0 Å². The van der Waals surface area contributed by atoms with Gasteiger partial charge in [0.2, 0.25) is 5.95 Å². The predicted molar refractivity (Wildman–Crippen MR) is 108 cm³/mol. The molecule has 1 aromatic heterocycles. The van der Waals surface area contributed by atoms with Crippen molar-refractivity contribution in [1.82, 2.24) is 20.2 Å². The van der Waals surface area contributed by atoms with Crippen molar-refractivity contribution in [2.45, 2.75) is 13.2 Å². The third kappa shape index (κ3) is 4.82. The Morgan fingerprint density at radius 3 is 2.63 bits per heavy atom. The molecule has 0 spiro atoms. The summed E-state index contributed by atoms with van der Waals surface area (Å²) in [5.74, 6) is 1.77. The first-order valence-electron chi connectivity index (χ1n) is 7.87. The Kier molecular flexibility index (Phi) is 6.41. The van der Waals surface area contributed by atoms with E-state index in [-0.39, 0.29) is 0 Å². The second-order valence-electron chi connectivity index (χ2n) is 5.60. The zero-order chi connectivity index (χ0) is 19.4. The number of rotatable bonds is 7. The Morgan fingerprint density at radius 2 is 1.96 bits per heavy atom. The molecule has 0 radical (unpaired) electrons. The first-order chi connectivity index (χ1) is 13.0. The molecule has 0 unspecified atom stereocenters. The summed E-state index contributed by atoms with van der Waals surface area (Å²) in [4.78, 5) is 0. The van der Waals surface area contributed by atoms with Crippen molar-refractivity contribution in [2.24, 2.45) is 7.05 Å². The molecule has 27 heavy (non-hydrogen) atoms. The van der Waals surface area contributed by atoms with Gasteiger partial charge in [0.1, 0.15) is 6.61 Å². The first-order valence-corrected chi connectivity index (χ1v) is 9.42. The van der Waals surface area contributed by atoms with Crippen LogP contribution in [-0.2, 0) is 20.2 Å². The fourth-order valence-electron chi connectivity index (χ4n) is 2.33. The number of anilines is 1. The summed E-state index contributed by atoms with van der Waals surface area (Å²) < 4.78 is 13.8. The van der Waals surface area contributed by atoms with Crippen LogP contribution in [-0.4, -0.2) is 27.3 Å². The summed E-state index contributed by atoms with van der Waals surface area (Å²) in [7, 11) is 3.35. The van der Waals surface area contributed by atoms with Gasteiger partial charge in [0, 0.05) is 33.7 Å². The molecule has 7 nitrogen and oxygen atoms in total. The Morgan fingerprint density at radius 1 is 1.15 bits per heavy atom. The lowest BCUT2D eigenvalue weighted by molar-refractivity contribution is 0.284. The summed E-state index contributed by atoms with van der Waals surface area (Å²) in [5.41, 5.74) is 1.80. The summed E-state index contributed by atoms with van der Waals surface area (Å²) in [6, 6.07) is 9.04. The predicted octanol–water partition coefficient (Wildman–Crippen LogP) is 4.48. The van der Waals surface area contributed by atoms with Crippen LogP contribution in [0.5, 0.6) is 11.5 Å². The van der Waals surface area contributed by atoms with E-state index in [1.54, 1.807) is 31.0 Å². The van der Waals surface area contributed by atoms with Gasteiger partial charge in [-0.15, -0.1) is 0 Å². The molecule has 3 aromatic rings. The topological polar surface area (TPSA) is 74.1 Å². The minimum atomic E-state index is 0.293. The van der Waals surface area contributed by atoms with Gasteiger partial charge in [-0.05, 0) is 40.3 Å². The van der Waals surface area contributed by atoms with Crippen molar-refractivity contribution in [3.63, 3.8) is 0 Å². The highest BCUT2D eigenvalue weighted by atomic mass is 79.9. The molecule has 0 aliphatic heterocycles. The highest BCUT2D eigenvalue weighted by Crippen LogP contribution is 2.35. The standard InChI is InChI=1S/C17H16BrCl2N5O2/c1-25-17(22-23-24-25)21-8-11-5-15(26-2)16(7-13(11)18)27-9-10-3-4-12(19)6-14(10)20/h3-7H,8-9H2,1-2H3,(H,21,22,24). The third-order valence-corrected chi connectivity index (χ3v) is 5.11. The molecule has 10 heteroatoms. The Bertz CT molecular complexity index is 951. The lowest BCUT2D eigenvalue weighted by atomic mass is 10.2. The zero-order valence-electron chi connectivity index (χ0n) is 14.5. The van der Waals surface area contributed by atoms with E-state index in [0.29, 0.717) is 40.6 Å². The molecular formula is C17H16BrCl2N5O2. The second kappa shape index (κ2) is 8.77. The minimum Gasteiger partial charge on any atom is -0.493 e. The van der Waals surface area contributed by atoms with Crippen LogP contribution in [0.4, 0.5) is 5.95 Å². The summed E-state index contributed by atoms with van der Waals surface area (Å²) >= 11 is 15.7. The Balaban J connectivity index is 1.74. The fourth-order valence-corrected chi connectivity index (χ4v) is 3.26. The molecule has 3 rings (SSSR count). The van der Waals surface area contributed by atoms with Crippen molar-refractivity contribution >= 4 is 45.1 Å². The van der Waals surface area contributed by atoms with Crippen molar-refractivity contribution in [3.05, 3.63) is 56.0 Å². The largest absolute Gasteiger partial charge is 0.493 e. The van der Waals surface area contributed by atoms with Crippen LogP contribution in [0.1, 0.15) is 11.1 Å². The zero-order valence-corrected chi connectivity index (χ0v) is 17.6. The van der Waals surface area contributed by atoms with Crippen LogP contribution in [0.2, 0.25) is 10.0 Å². The summed E-state index contributed by atoms with van der Waals surface area (Å²) in [6.07, 6.45) is 0. The fraction of sp³-hybridized carbons (Fsp3) is 0.235. The number of halogens is 3. The van der Waals surface area contributed by atoms with E-state index in [1.807, 2.05) is 18.2 Å². The van der Waals surface area contributed by atoms with E-state index in [1.165, 1.54) is 0 Å². The number of hydrogen-bond acceptors (Lipinski definition) is 6. The number of methoxy groups -OCH3 is 1. The molecule has 142 valence electrons. The van der Waals surface area contributed by atoms with Crippen LogP contribution >= 0.6 is 39.1 Å². The summed E-state index contributed by atoms with van der Waals surface area (Å²) in [6.45, 7) is 0.801. The molecular weight excluding hydrogens is 457 g/mol. The molecule has 0 aliphatic rings. The van der Waals surface area contributed by atoms with Gasteiger partial charge in [0.25, 0.3) is 0 Å². The smallest absolute Gasteiger partial charge is 0.242 e. The number of tetrazole rings is 1. The normalized spacial score (nSPS) is 10.7. The van der Waals surface area contributed by atoms with E-state index >= 15 is 0 Å². The number of hydrogen-bond donors (Lipinski definition) is 1. The van der Waals surface area contributed by atoms with Crippen molar-refractivity contribution in [3.8, 4) is 11.5 Å². The van der Waals surface area contributed by atoms with Crippen LogP contribution in [0.25, 0.3) is 0 Å². The van der Waals surface area contributed by atoms with Gasteiger partial charge in [0.15, 0.2) is 11.5 Å². The first kappa shape index (κ1) is 19.7. The molecule has 0 bridgehead atoms. The highest BCUT2D eigenvalue weighted by Gasteiger charge is 2.12. The molecule has 0 fully saturated rings. The van der Waals surface area contributed by atoms with Crippen molar-refractivity contribution in [2.75, 3.05) is 12.4 Å². The lowest BCUT2D eigenvalue weighted by Gasteiger charge is -2.15. The van der Waals surface area contributed by atoms with Crippen LogP contribution in [0.15, 0.2) is 34.8 Å². The van der Waals surface area contributed by atoms with E-state index in [2.05, 4.69) is 36.8 Å². The van der Waals surface area contributed by atoms with Gasteiger partial charge in [-0.1, -0.05) is 50.3 Å². The minimum absolute atomic E-state index is 0.293. The summed E-state index contributed by atoms with van der Waals surface area (Å²) in [5, 5.41) is 15.6. The van der Waals surface area contributed by atoms with Gasteiger partial charge in [-0.25, -0.2) is 4.68 Å². The van der Waals surface area contributed by atoms with Crippen LogP contribution < -0.4 is 14.8 Å². The number of aryl methyl sites for hydroxylation is 1. The quantitative estimate of drug-likeness (QED) is 0.546. The van der Waals surface area contributed by atoms with Gasteiger partial charge in [-0.2, -0.15) is 0 Å². The molecule has 1 N–H and O–H groups in total. The number of nitrogens with zero attached hydrogens (tertiary/aromatic N) is 4. The average molecular weight is 473 g/mol. The SMILES string of the molecule is COc1cc(CNc2nnnn2C)c(Br)cc1OCc1ccc(Cl)cc1Cl. The number of benzene rings is 2. The molecule has 0 aliphatic carbocycles. The molecule has 0 saturated carbocycles. The third-order valence-electron chi connectivity index (χ3n) is 3.79. The lowest BCUT2D eigenvalue weighted by Crippen LogP contribution is -2.07. The molecule has 2 aromatic carbocycles. The van der Waals surface area contributed by atoms with Crippen molar-refractivity contribution in [1.29, 1.82) is 0 Å². The van der Waals surface area contributed by atoms with Crippen LogP contribution in [0.3, 0.4) is 0 Å².